The lowest BCUT2D eigenvalue weighted by Gasteiger charge is -2.27. The van der Waals surface area contributed by atoms with Crippen molar-refractivity contribution < 1.29 is 14.3 Å². The van der Waals surface area contributed by atoms with Crippen LogP contribution in [0.2, 0.25) is 0 Å². The Hall–Kier alpha value is -2.87. The number of ether oxygens (including phenoxy) is 2. The number of nitrogens with one attached hydrogen (secondary N) is 3. The summed E-state index contributed by atoms with van der Waals surface area (Å²) in [6.07, 6.45) is 3.35. The molecule has 1 aliphatic rings. The van der Waals surface area contributed by atoms with Crippen LogP contribution in [0.25, 0.3) is 0 Å². The number of hydrogen-bond acceptors (Lipinski definition) is 7. The van der Waals surface area contributed by atoms with Crippen LogP contribution in [0.3, 0.4) is 0 Å². The molecule has 0 aromatic carbocycles. The molecule has 2 atom stereocenters. The van der Waals surface area contributed by atoms with E-state index in [1.54, 1.807) is 19.4 Å². The quantitative estimate of drug-likeness (QED) is 0.637. The van der Waals surface area contributed by atoms with Crippen molar-refractivity contribution in [2.24, 2.45) is 0 Å². The fraction of sp³-hybridized carbons (Fsp3) is 0.450. The van der Waals surface area contributed by atoms with Gasteiger partial charge in [-0.3, -0.25) is 4.79 Å². The minimum atomic E-state index is -0.134. The average molecular weight is 385 g/mol. The van der Waals surface area contributed by atoms with Gasteiger partial charge in [-0.15, -0.1) is 0 Å². The van der Waals surface area contributed by atoms with Crippen molar-refractivity contribution in [3.05, 3.63) is 41.7 Å². The number of hydrogen-bond donors (Lipinski definition) is 3. The van der Waals surface area contributed by atoms with Gasteiger partial charge in [0.2, 0.25) is 11.8 Å². The maximum Gasteiger partial charge on any atom is 0.252 e. The van der Waals surface area contributed by atoms with E-state index in [0.29, 0.717) is 42.9 Å². The van der Waals surface area contributed by atoms with E-state index in [1.807, 2.05) is 25.3 Å². The zero-order valence-corrected chi connectivity index (χ0v) is 16.5. The summed E-state index contributed by atoms with van der Waals surface area (Å²) in [7, 11) is 1.61. The predicted molar refractivity (Wildman–Crippen MR) is 107 cm³/mol. The number of aromatic nitrogens is 2. The van der Waals surface area contributed by atoms with E-state index >= 15 is 0 Å². The van der Waals surface area contributed by atoms with Crippen molar-refractivity contribution in [2.45, 2.75) is 25.9 Å². The maximum absolute atomic E-state index is 11.9. The Morgan fingerprint density at radius 2 is 2.25 bits per heavy atom. The number of rotatable bonds is 8. The van der Waals surface area contributed by atoms with Gasteiger partial charge in [0.25, 0.3) is 5.91 Å². The van der Waals surface area contributed by atoms with E-state index in [0.717, 1.165) is 17.8 Å². The Balaban J connectivity index is 1.48. The second-order valence-corrected chi connectivity index (χ2v) is 6.75. The summed E-state index contributed by atoms with van der Waals surface area (Å²) in [5, 5.41) is 9.51. The molecule has 8 heteroatoms. The number of fused-ring (bicyclic) bond motifs is 1. The van der Waals surface area contributed by atoms with E-state index in [1.165, 1.54) is 0 Å². The number of methoxy groups -OCH3 is 1. The molecule has 0 fully saturated rings. The number of anilines is 1. The van der Waals surface area contributed by atoms with Crippen LogP contribution in [0.5, 0.6) is 11.8 Å². The fourth-order valence-electron chi connectivity index (χ4n) is 2.98. The Labute approximate surface area is 165 Å². The second-order valence-electron chi connectivity index (χ2n) is 6.75. The first-order chi connectivity index (χ1) is 13.6. The van der Waals surface area contributed by atoms with Gasteiger partial charge < -0.3 is 25.4 Å². The van der Waals surface area contributed by atoms with Gasteiger partial charge in [0.15, 0.2) is 0 Å². The molecule has 0 aliphatic carbocycles. The summed E-state index contributed by atoms with van der Waals surface area (Å²) in [4.78, 5) is 20.4. The van der Waals surface area contributed by atoms with E-state index < -0.39 is 0 Å². The van der Waals surface area contributed by atoms with Crippen molar-refractivity contribution in [3.8, 4) is 11.8 Å². The van der Waals surface area contributed by atoms with Gasteiger partial charge in [0.1, 0.15) is 6.10 Å². The first-order valence-electron chi connectivity index (χ1n) is 9.50. The van der Waals surface area contributed by atoms with Gasteiger partial charge in [0, 0.05) is 38.1 Å². The molecule has 2 unspecified atom stereocenters. The SMILES string of the molecule is CCNC(=O)c1cnc2c(c1)NCC(CNCC(C)c1ccc(OC)nc1)O2. The van der Waals surface area contributed by atoms with Crippen LogP contribution >= 0.6 is 0 Å². The van der Waals surface area contributed by atoms with Gasteiger partial charge >= 0.3 is 0 Å². The third-order valence-electron chi connectivity index (χ3n) is 4.61. The Bertz CT molecular complexity index is 797. The summed E-state index contributed by atoms with van der Waals surface area (Å²) in [5.41, 5.74) is 2.42. The molecule has 8 nitrogen and oxygen atoms in total. The average Bonchev–Trinajstić information content (AvgIpc) is 2.73. The number of pyridine rings is 2. The van der Waals surface area contributed by atoms with Crippen LogP contribution in [0, 0.1) is 0 Å². The third kappa shape index (κ3) is 4.89. The zero-order chi connectivity index (χ0) is 19.9. The summed E-state index contributed by atoms with van der Waals surface area (Å²) in [5.74, 6) is 1.33. The van der Waals surface area contributed by atoms with Gasteiger partial charge in [0.05, 0.1) is 24.9 Å². The van der Waals surface area contributed by atoms with E-state index in [9.17, 15) is 4.79 Å². The van der Waals surface area contributed by atoms with Gasteiger partial charge in [-0.05, 0) is 24.5 Å². The largest absolute Gasteiger partial charge is 0.481 e. The minimum absolute atomic E-state index is 0.0310. The van der Waals surface area contributed by atoms with E-state index in [-0.39, 0.29) is 12.0 Å². The molecule has 0 spiro atoms. The number of nitrogens with zero attached hydrogens (tertiary/aromatic N) is 2. The molecule has 1 amide bonds. The molecule has 150 valence electrons. The Kier molecular flexibility index (Phi) is 6.65. The molecular formula is C20H27N5O3. The number of carbonyl (C=O) groups is 1. The minimum Gasteiger partial charge on any atom is -0.481 e. The fourth-order valence-corrected chi connectivity index (χ4v) is 2.98. The lowest BCUT2D eigenvalue weighted by Crippen LogP contribution is -2.40. The molecule has 0 radical (unpaired) electrons. The van der Waals surface area contributed by atoms with Crippen LogP contribution in [0.1, 0.15) is 35.7 Å². The Morgan fingerprint density at radius 3 is 2.96 bits per heavy atom. The highest BCUT2D eigenvalue weighted by Crippen LogP contribution is 2.27. The van der Waals surface area contributed by atoms with Crippen LogP contribution in [-0.2, 0) is 0 Å². The van der Waals surface area contributed by atoms with Crippen molar-refractivity contribution in [1.29, 1.82) is 0 Å². The van der Waals surface area contributed by atoms with E-state index in [4.69, 9.17) is 9.47 Å². The third-order valence-corrected chi connectivity index (χ3v) is 4.61. The van der Waals surface area contributed by atoms with Crippen LogP contribution < -0.4 is 25.4 Å². The van der Waals surface area contributed by atoms with Gasteiger partial charge in [-0.1, -0.05) is 13.0 Å². The molecular weight excluding hydrogens is 358 g/mol. The molecule has 28 heavy (non-hydrogen) atoms. The standard InChI is InChI=1S/C20H27N5O3/c1-4-22-19(26)15-7-17-20(25-10-15)28-16(12-23-17)11-21-8-13(2)14-5-6-18(27-3)24-9-14/h5-7,9-10,13,16,21,23H,4,8,11-12H2,1-3H3,(H,22,26). The van der Waals surface area contributed by atoms with Crippen LogP contribution in [0.15, 0.2) is 30.6 Å². The summed E-state index contributed by atoms with van der Waals surface area (Å²) in [6, 6.07) is 5.68. The summed E-state index contributed by atoms with van der Waals surface area (Å²) < 4.78 is 11.0. The molecule has 2 aromatic rings. The smallest absolute Gasteiger partial charge is 0.252 e. The lowest BCUT2D eigenvalue weighted by atomic mass is 10.0. The maximum atomic E-state index is 11.9. The number of carbonyl (C=O) groups excluding carboxylic acids is 1. The predicted octanol–water partition coefficient (Wildman–Crippen LogP) is 1.80. The van der Waals surface area contributed by atoms with Crippen molar-refractivity contribution in [1.82, 2.24) is 20.6 Å². The summed E-state index contributed by atoms with van der Waals surface area (Å²) >= 11 is 0. The van der Waals surface area contributed by atoms with Crippen molar-refractivity contribution in [2.75, 3.05) is 38.6 Å². The highest BCUT2D eigenvalue weighted by atomic mass is 16.5. The first-order valence-corrected chi connectivity index (χ1v) is 9.50. The molecule has 3 heterocycles. The van der Waals surface area contributed by atoms with E-state index in [2.05, 4.69) is 32.8 Å². The molecule has 3 rings (SSSR count). The Morgan fingerprint density at radius 1 is 1.39 bits per heavy atom. The molecule has 0 bridgehead atoms. The van der Waals surface area contributed by atoms with Gasteiger partial charge in [-0.2, -0.15) is 0 Å². The van der Waals surface area contributed by atoms with Crippen molar-refractivity contribution in [3.63, 3.8) is 0 Å². The normalized spacial score (nSPS) is 16.3. The molecule has 3 N–H and O–H groups in total. The highest BCUT2D eigenvalue weighted by Gasteiger charge is 2.22. The summed E-state index contributed by atoms with van der Waals surface area (Å²) in [6.45, 7) is 6.77. The van der Waals surface area contributed by atoms with Crippen LogP contribution in [-0.4, -0.2) is 55.3 Å². The number of amides is 1. The van der Waals surface area contributed by atoms with Crippen molar-refractivity contribution >= 4 is 11.6 Å². The zero-order valence-electron chi connectivity index (χ0n) is 16.5. The monoisotopic (exact) mass is 385 g/mol. The first kappa shape index (κ1) is 19.9. The molecule has 1 aliphatic heterocycles. The topological polar surface area (TPSA) is 97.4 Å². The second kappa shape index (κ2) is 9.36. The van der Waals surface area contributed by atoms with Crippen LogP contribution in [0.4, 0.5) is 5.69 Å². The highest BCUT2D eigenvalue weighted by molar-refractivity contribution is 5.95. The molecule has 0 saturated heterocycles. The molecule has 2 aromatic heterocycles. The molecule has 0 saturated carbocycles. The lowest BCUT2D eigenvalue weighted by molar-refractivity contribution is 0.0955. The van der Waals surface area contributed by atoms with Gasteiger partial charge in [-0.25, -0.2) is 9.97 Å².